The molecule has 6 nitrogen and oxygen atoms in total. The van der Waals surface area contributed by atoms with Crippen LogP contribution in [0.4, 0.5) is 0 Å². The summed E-state index contributed by atoms with van der Waals surface area (Å²) in [7, 11) is 0. The molecule has 0 aliphatic heterocycles. The zero-order valence-corrected chi connectivity index (χ0v) is 15.4. The van der Waals surface area contributed by atoms with Crippen molar-refractivity contribution >= 4 is 41.1 Å². The largest absolute Gasteiger partial charge is 0.352 e. The van der Waals surface area contributed by atoms with Crippen molar-refractivity contribution in [2.75, 3.05) is 12.3 Å². The summed E-state index contributed by atoms with van der Waals surface area (Å²) < 4.78 is 0. The molecule has 0 spiro atoms. The van der Waals surface area contributed by atoms with Gasteiger partial charge in [-0.2, -0.15) is 0 Å². The first kappa shape index (κ1) is 19.8. The van der Waals surface area contributed by atoms with Crippen LogP contribution in [0.3, 0.4) is 0 Å². The van der Waals surface area contributed by atoms with E-state index in [9.17, 15) is 14.4 Å². The Morgan fingerprint density at radius 1 is 0.885 bits per heavy atom. The molecule has 0 aliphatic carbocycles. The second-order valence-electron chi connectivity index (χ2n) is 5.21. The van der Waals surface area contributed by atoms with Gasteiger partial charge >= 0.3 is 0 Å². The summed E-state index contributed by atoms with van der Waals surface area (Å²) in [5.74, 6) is -0.802. The maximum absolute atomic E-state index is 11.8. The lowest BCUT2D eigenvalue weighted by Crippen LogP contribution is -2.43. The fourth-order valence-corrected chi connectivity index (χ4v) is 2.72. The molecule has 3 amide bonds. The lowest BCUT2D eigenvalue weighted by Gasteiger charge is -2.08. The van der Waals surface area contributed by atoms with Crippen LogP contribution in [0.1, 0.15) is 16.8 Å². The Labute approximate surface area is 160 Å². The number of carbonyl (C=O) groups excluding carboxylic acids is 3. The van der Waals surface area contributed by atoms with E-state index >= 15 is 0 Å². The maximum Gasteiger partial charge on any atom is 0.251 e. The zero-order valence-electron chi connectivity index (χ0n) is 13.8. The smallest absolute Gasteiger partial charge is 0.251 e. The highest BCUT2D eigenvalue weighted by Gasteiger charge is 2.08. The molecule has 0 fully saturated rings. The van der Waals surface area contributed by atoms with Crippen molar-refractivity contribution in [3.05, 3.63) is 65.2 Å². The molecule has 2 aromatic carbocycles. The molecule has 0 saturated carbocycles. The highest BCUT2D eigenvalue weighted by molar-refractivity contribution is 8.00. The Bertz CT molecular complexity index is 754. The van der Waals surface area contributed by atoms with Crippen LogP contribution in [0, 0.1) is 0 Å². The topological polar surface area (TPSA) is 87.3 Å². The number of thioether (sulfide) groups is 1. The van der Waals surface area contributed by atoms with Crippen molar-refractivity contribution in [3.63, 3.8) is 0 Å². The number of hydrazine groups is 1. The number of rotatable bonds is 7. The molecular formula is C18H18ClN3O3S. The molecule has 0 radical (unpaired) electrons. The molecule has 136 valence electrons. The maximum atomic E-state index is 11.8. The number of amides is 3. The minimum absolute atomic E-state index is 0.0587. The quantitative estimate of drug-likeness (QED) is 0.499. The third-order valence-electron chi connectivity index (χ3n) is 3.20. The van der Waals surface area contributed by atoms with E-state index in [-0.39, 0.29) is 36.4 Å². The van der Waals surface area contributed by atoms with E-state index < -0.39 is 0 Å². The van der Waals surface area contributed by atoms with Gasteiger partial charge in [-0.15, -0.1) is 11.8 Å². The van der Waals surface area contributed by atoms with Crippen molar-refractivity contribution < 1.29 is 14.4 Å². The lowest BCUT2D eigenvalue weighted by atomic mass is 10.2. The minimum atomic E-state index is -0.386. The summed E-state index contributed by atoms with van der Waals surface area (Å²) in [5.41, 5.74) is 5.18. The van der Waals surface area contributed by atoms with Gasteiger partial charge in [-0.1, -0.05) is 29.8 Å². The first-order chi connectivity index (χ1) is 12.5. The molecule has 0 heterocycles. The first-order valence-electron chi connectivity index (χ1n) is 7.84. The summed E-state index contributed by atoms with van der Waals surface area (Å²) in [6.45, 7) is 0.176. The molecule has 2 rings (SSSR count). The van der Waals surface area contributed by atoms with Crippen molar-refractivity contribution in [2.45, 2.75) is 11.3 Å². The molecule has 8 heteroatoms. The van der Waals surface area contributed by atoms with E-state index in [0.717, 1.165) is 4.90 Å². The van der Waals surface area contributed by atoms with Gasteiger partial charge in [-0.3, -0.25) is 25.2 Å². The van der Waals surface area contributed by atoms with Crippen molar-refractivity contribution in [3.8, 4) is 0 Å². The standard InChI is InChI=1S/C18H18ClN3O3S/c19-14-6-8-15(9-7-14)26-12-17(24)22-21-16(23)10-11-20-18(25)13-4-2-1-3-5-13/h1-9H,10-12H2,(H,20,25)(H,21,23)(H,22,24). The molecular weight excluding hydrogens is 374 g/mol. The van der Waals surface area contributed by atoms with E-state index in [4.69, 9.17) is 11.6 Å². The number of hydrogen-bond donors (Lipinski definition) is 3. The van der Waals surface area contributed by atoms with E-state index in [1.54, 1.807) is 36.4 Å². The number of carbonyl (C=O) groups is 3. The summed E-state index contributed by atoms with van der Waals surface area (Å²) in [6.07, 6.45) is 0.0587. The fourth-order valence-electron chi connectivity index (χ4n) is 1.90. The van der Waals surface area contributed by atoms with Gasteiger partial charge in [0, 0.05) is 28.4 Å². The number of benzene rings is 2. The van der Waals surface area contributed by atoms with Crippen LogP contribution in [0.25, 0.3) is 0 Å². The highest BCUT2D eigenvalue weighted by Crippen LogP contribution is 2.19. The molecule has 2 aromatic rings. The highest BCUT2D eigenvalue weighted by atomic mass is 35.5. The first-order valence-corrected chi connectivity index (χ1v) is 9.20. The monoisotopic (exact) mass is 391 g/mol. The molecule has 26 heavy (non-hydrogen) atoms. The molecule has 0 bridgehead atoms. The summed E-state index contributed by atoms with van der Waals surface area (Å²) in [6, 6.07) is 15.8. The summed E-state index contributed by atoms with van der Waals surface area (Å²) in [4.78, 5) is 36.1. The van der Waals surface area contributed by atoms with Crippen LogP contribution in [0.15, 0.2) is 59.5 Å². The van der Waals surface area contributed by atoms with E-state index in [0.29, 0.717) is 10.6 Å². The van der Waals surface area contributed by atoms with Gasteiger partial charge in [0.1, 0.15) is 0 Å². The normalized spacial score (nSPS) is 10.0. The number of nitrogens with one attached hydrogen (secondary N) is 3. The minimum Gasteiger partial charge on any atom is -0.352 e. The third kappa shape index (κ3) is 7.16. The fraction of sp³-hybridized carbons (Fsp3) is 0.167. The van der Waals surface area contributed by atoms with Crippen LogP contribution in [-0.2, 0) is 9.59 Å². The van der Waals surface area contributed by atoms with Crippen molar-refractivity contribution in [1.82, 2.24) is 16.2 Å². The van der Waals surface area contributed by atoms with Gasteiger partial charge in [-0.05, 0) is 36.4 Å². The number of halogens is 1. The van der Waals surface area contributed by atoms with Gasteiger partial charge in [0.15, 0.2) is 0 Å². The van der Waals surface area contributed by atoms with E-state index in [1.807, 2.05) is 18.2 Å². The predicted octanol–water partition coefficient (Wildman–Crippen LogP) is 2.40. The summed E-state index contributed by atoms with van der Waals surface area (Å²) >= 11 is 7.12. The van der Waals surface area contributed by atoms with Crippen LogP contribution in [0.5, 0.6) is 0 Å². The van der Waals surface area contributed by atoms with Gasteiger partial charge in [0.05, 0.1) is 5.75 Å². The Morgan fingerprint density at radius 3 is 2.23 bits per heavy atom. The van der Waals surface area contributed by atoms with E-state index in [2.05, 4.69) is 16.2 Å². The van der Waals surface area contributed by atoms with Gasteiger partial charge in [-0.25, -0.2) is 0 Å². The zero-order chi connectivity index (χ0) is 18.8. The van der Waals surface area contributed by atoms with Crippen LogP contribution in [0.2, 0.25) is 5.02 Å². The second kappa shape index (κ2) is 10.5. The van der Waals surface area contributed by atoms with Crippen molar-refractivity contribution in [2.24, 2.45) is 0 Å². The molecule has 0 atom stereocenters. The Morgan fingerprint density at radius 2 is 1.54 bits per heavy atom. The van der Waals surface area contributed by atoms with Gasteiger partial charge < -0.3 is 5.32 Å². The molecule has 0 aromatic heterocycles. The SMILES string of the molecule is O=C(CCNC(=O)c1ccccc1)NNC(=O)CSc1ccc(Cl)cc1. The Kier molecular flexibility index (Phi) is 7.98. The van der Waals surface area contributed by atoms with E-state index in [1.165, 1.54) is 11.8 Å². The Hall–Kier alpha value is -2.51. The lowest BCUT2D eigenvalue weighted by molar-refractivity contribution is -0.127. The molecule has 0 unspecified atom stereocenters. The molecule has 3 N–H and O–H groups in total. The average Bonchev–Trinajstić information content (AvgIpc) is 2.66. The summed E-state index contributed by atoms with van der Waals surface area (Å²) in [5, 5.41) is 3.27. The van der Waals surface area contributed by atoms with Crippen molar-refractivity contribution in [1.29, 1.82) is 0 Å². The predicted molar refractivity (Wildman–Crippen MR) is 102 cm³/mol. The van der Waals surface area contributed by atoms with Crippen LogP contribution in [-0.4, -0.2) is 30.0 Å². The number of hydrogen-bond acceptors (Lipinski definition) is 4. The molecule has 0 aliphatic rings. The van der Waals surface area contributed by atoms with Crippen LogP contribution < -0.4 is 16.2 Å². The third-order valence-corrected chi connectivity index (χ3v) is 4.46. The second-order valence-corrected chi connectivity index (χ2v) is 6.70. The van der Waals surface area contributed by atoms with Gasteiger partial charge in [0.2, 0.25) is 11.8 Å². The van der Waals surface area contributed by atoms with Crippen LogP contribution >= 0.6 is 23.4 Å². The molecule has 0 saturated heterocycles. The average molecular weight is 392 g/mol. The van der Waals surface area contributed by atoms with Gasteiger partial charge in [0.25, 0.3) is 5.91 Å². The Balaban J connectivity index is 1.60.